The summed E-state index contributed by atoms with van der Waals surface area (Å²) >= 11 is 1.60. The van der Waals surface area contributed by atoms with E-state index in [1.54, 1.807) is 11.3 Å². The van der Waals surface area contributed by atoms with Gasteiger partial charge in [-0.2, -0.15) is 0 Å². The van der Waals surface area contributed by atoms with Crippen molar-refractivity contribution in [3.63, 3.8) is 0 Å². The average Bonchev–Trinajstić information content (AvgIpc) is 2.88. The van der Waals surface area contributed by atoms with Gasteiger partial charge in [-0.1, -0.05) is 0 Å². The minimum atomic E-state index is -0.684. The van der Waals surface area contributed by atoms with Gasteiger partial charge >= 0.3 is 5.97 Å². The molecule has 6 heteroatoms. The second-order valence-corrected chi connectivity index (χ2v) is 6.26. The van der Waals surface area contributed by atoms with Gasteiger partial charge in [0.2, 0.25) is 0 Å². The Bertz CT molecular complexity index is 450. The number of ether oxygens (including phenoxy) is 1. The lowest BCUT2D eigenvalue weighted by molar-refractivity contribution is -0.146. The summed E-state index contributed by atoms with van der Waals surface area (Å²) in [5, 5.41) is 2.96. The number of anilines is 1. The highest BCUT2D eigenvalue weighted by molar-refractivity contribution is 7.13. The number of hydrogen-bond donors (Lipinski definition) is 0. The summed E-state index contributed by atoms with van der Waals surface area (Å²) in [6, 6.07) is 0. The van der Waals surface area contributed by atoms with Crippen molar-refractivity contribution in [2.24, 2.45) is 0 Å². The topological polar surface area (TPSA) is 45.7 Å². The van der Waals surface area contributed by atoms with Crippen molar-refractivity contribution in [1.82, 2.24) is 9.88 Å². The van der Waals surface area contributed by atoms with Crippen LogP contribution in [-0.2, 0) is 14.9 Å². The second kappa shape index (κ2) is 5.46. The van der Waals surface area contributed by atoms with Crippen LogP contribution in [0.15, 0.2) is 5.38 Å². The highest BCUT2D eigenvalue weighted by Crippen LogP contribution is 2.30. The van der Waals surface area contributed by atoms with E-state index in [4.69, 9.17) is 4.74 Å². The summed E-state index contributed by atoms with van der Waals surface area (Å²) in [7, 11) is 3.54. The zero-order chi connectivity index (χ0) is 14.0. The van der Waals surface area contributed by atoms with Gasteiger partial charge < -0.3 is 14.5 Å². The molecule has 0 bridgehead atoms. The van der Waals surface area contributed by atoms with E-state index in [1.807, 2.05) is 19.2 Å². The first-order chi connectivity index (χ1) is 8.95. The van der Waals surface area contributed by atoms with E-state index in [-0.39, 0.29) is 5.97 Å². The minimum Gasteiger partial charge on any atom is -0.468 e. The molecule has 0 aromatic carbocycles. The molecule has 1 aromatic heterocycles. The summed E-state index contributed by atoms with van der Waals surface area (Å²) in [5.41, 5.74) is 0.106. The van der Waals surface area contributed by atoms with Crippen LogP contribution in [0.1, 0.15) is 19.5 Å². The largest absolute Gasteiger partial charge is 0.468 e. The van der Waals surface area contributed by atoms with Gasteiger partial charge in [0.1, 0.15) is 5.41 Å². The standard InChI is InChI=1S/C13H21N3O2S/c1-13(2,11(17)18-4)10-9-19-12(14-10)16-7-5-15(3)6-8-16/h9H,5-8H2,1-4H3. The molecule has 106 valence electrons. The molecule has 1 aliphatic heterocycles. The smallest absolute Gasteiger partial charge is 0.317 e. The monoisotopic (exact) mass is 283 g/mol. The van der Waals surface area contributed by atoms with Crippen LogP contribution >= 0.6 is 11.3 Å². The highest BCUT2D eigenvalue weighted by Gasteiger charge is 2.34. The second-order valence-electron chi connectivity index (χ2n) is 5.42. The predicted octanol–water partition coefficient (Wildman–Crippen LogP) is 1.35. The van der Waals surface area contributed by atoms with E-state index in [2.05, 4.69) is 21.8 Å². The van der Waals surface area contributed by atoms with E-state index in [0.717, 1.165) is 37.0 Å². The molecule has 0 aliphatic carbocycles. The molecule has 2 rings (SSSR count). The molecular weight excluding hydrogens is 262 g/mol. The third-order valence-electron chi connectivity index (χ3n) is 3.60. The van der Waals surface area contributed by atoms with E-state index in [0.29, 0.717) is 0 Å². The quantitative estimate of drug-likeness (QED) is 0.784. The molecule has 1 saturated heterocycles. The molecule has 0 spiro atoms. The van der Waals surface area contributed by atoms with Gasteiger partial charge in [0.15, 0.2) is 5.13 Å². The molecule has 1 fully saturated rings. The maximum absolute atomic E-state index is 11.8. The normalized spacial score (nSPS) is 17.6. The third kappa shape index (κ3) is 2.90. The number of rotatable bonds is 3. The van der Waals surface area contributed by atoms with Gasteiger partial charge in [0.05, 0.1) is 12.8 Å². The molecule has 0 radical (unpaired) electrons. The molecular formula is C13H21N3O2S. The van der Waals surface area contributed by atoms with Crippen molar-refractivity contribution >= 4 is 22.4 Å². The molecule has 5 nitrogen and oxygen atoms in total. The van der Waals surface area contributed by atoms with Crippen molar-refractivity contribution in [1.29, 1.82) is 0 Å². The number of piperazine rings is 1. The first kappa shape index (κ1) is 14.3. The number of hydrogen-bond acceptors (Lipinski definition) is 6. The molecule has 0 atom stereocenters. The lowest BCUT2D eigenvalue weighted by Gasteiger charge is -2.32. The lowest BCUT2D eigenvalue weighted by Crippen LogP contribution is -2.44. The van der Waals surface area contributed by atoms with Crippen LogP contribution < -0.4 is 4.90 Å². The number of carbonyl (C=O) groups is 1. The Kier molecular flexibility index (Phi) is 4.10. The Morgan fingerprint density at radius 2 is 2.00 bits per heavy atom. The molecule has 2 heterocycles. The summed E-state index contributed by atoms with van der Waals surface area (Å²) < 4.78 is 4.84. The average molecular weight is 283 g/mol. The van der Waals surface area contributed by atoms with Gasteiger partial charge in [0.25, 0.3) is 0 Å². The molecule has 0 amide bonds. The van der Waals surface area contributed by atoms with Gasteiger partial charge in [-0.05, 0) is 20.9 Å². The molecule has 0 saturated carbocycles. The predicted molar refractivity (Wildman–Crippen MR) is 76.9 cm³/mol. The molecule has 0 unspecified atom stereocenters. The number of nitrogens with zero attached hydrogens (tertiary/aromatic N) is 3. The Hall–Kier alpha value is -1.14. The van der Waals surface area contributed by atoms with Gasteiger partial charge in [0, 0.05) is 31.6 Å². The van der Waals surface area contributed by atoms with E-state index < -0.39 is 5.41 Å². The number of likely N-dealkylation sites (N-methyl/N-ethyl adjacent to an activating group) is 1. The maximum Gasteiger partial charge on any atom is 0.317 e. The van der Waals surface area contributed by atoms with Crippen molar-refractivity contribution in [3.05, 3.63) is 11.1 Å². The SMILES string of the molecule is COC(=O)C(C)(C)c1csc(N2CCN(C)CC2)n1. The Morgan fingerprint density at radius 3 is 2.58 bits per heavy atom. The fraction of sp³-hybridized carbons (Fsp3) is 0.692. The zero-order valence-corrected chi connectivity index (χ0v) is 12.8. The fourth-order valence-electron chi connectivity index (χ4n) is 2.05. The summed E-state index contributed by atoms with van der Waals surface area (Å²) in [6.45, 7) is 7.78. The van der Waals surface area contributed by atoms with Crippen LogP contribution in [-0.4, -0.2) is 56.2 Å². The Morgan fingerprint density at radius 1 is 1.37 bits per heavy atom. The highest BCUT2D eigenvalue weighted by atomic mass is 32.1. The van der Waals surface area contributed by atoms with Crippen LogP contribution in [0.25, 0.3) is 0 Å². The number of methoxy groups -OCH3 is 1. The zero-order valence-electron chi connectivity index (χ0n) is 12.0. The summed E-state index contributed by atoms with van der Waals surface area (Å²) in [4.78, 5) is 21.0. The number of carbonyl (C=O) groups excluding carboxylic acids is 1. The number of esters is 1. The fourth-order valence-corrected chi connectivity index (χ4v) is 3.10. The summed E-state index contributed by atoms with van der Waals surface area (Å²) in [6.07, 6.45) is 0. The Balaban J connectivity index is 2.13. The van der Waals surface area contributed by atoms with Crippen molar-refractivity contribution in [2.75, 3.05) is 45.2 Å². The van der Waals surface area contributed by atoms with Gasteiger partial charge in [-0.25, -0.2) is 4.98 Å². The first-order valence-electron chi connectivity index (χ1n) is 6.43. The lowest BCUT2D eigenvalue weighted by atomic mass is 9.90. The third-order valence-corrected chi connectivity index (χ3v) is 4.50. The molecule has 0 N–H and O–H groups in total. The Labute approximate surface area is 118 Å². The molecule has 1 aliphatic rings. The van der Waals surface area contributed by atoms with Crippen LogP contribution in [0, 0.1) is 0 Å². The van der Waals surface area contributed by atoms with Crippen molar-refractivity contribution in [2.45, 2.75) is 19.3 Å². The molecule has 1 aromatic rings. The van der Waals surface area contributed by atoms with Crippen LogP contribution in [0.3, 0.4) is 0 Å². The number of thiazole rings is 1. The number of aromatic nitrogens is 1. The van der Waals surface area contributed by atoms with E-state index in [1.165, 1.54) is 7.11 Å². The van der Waals surface area contributed by atoms with Crippen LogP contribution in [0.5, 0.6) is 0 Å². The molecule has 19 heavy (non-hydrogen) atoms. The van der Waals surface area contributed by atoms with Crippen LogP contribution in [0.4, 0.5) is 5.13 Å². The van der Waals surface area contributed by atoms with Gasteiger partial charge in [-0.15, -0.1) is 11.3 Å². The maximum atomic E-state index is 11.8. The van der Waals surface area contributed by atoms with Gasteiger partial charge in [-0.3, -0.25) is 4.79 Å². The minimum absolute atomic E-state index is 0.247. The van der Waals surface area contributed by atoms with Crippen molar-refractivity contribution < 1.29 is 9.53 Å². The first-order valence-corrected chi connectivity index (χ1v) is 7.31. The van der Waals surface area contributed by atoms with E-state index in [9.17, 15) is 4.79 Å². The van der Waals surface area contributed by atoms with Crippen LogP contribution in [0.2, 0.25) is 0 Å². The van der Waals surface area contributed by atoms with E-state index >= 15 is 0 Å². The van der Waals surface area contributed by atoms with Crippen molar-refractivity contribution in [3.8, 4) is 0 Å². The summed E-state index contributed by atoms with van der Waals surface area (Å²) in [5.74, 6) is -0.247.